The monoisotopic (exact) mass is 236 g/mol. The number of nitrogens with two attached hydrogens (primary N) is 1. The molecule has 0 saturated carbocycles. The second-order valence-electron chi connectivity index (χ2n) is 4.35. The molecule has 0 amide bonds. The van der Waals surface area contributed by atoms with Crippen LogP contribution in [0.3, 0.4) is 0 Å². The zero-order valence-electron chi connectivity index (χ0n) is 9.61. The Kier molecular flexibility index (Phi) is 4.57. The molecule has 0 radical (unpaired) electrons. The Hall–Kier alpha value is -0.640. The molecule has 0 aliphatic heterocycles. The summed E-state index contributed by atoms with van der Waals surface area (Å²) in [5.41, 5.74) is 4.44. The highest BCUT2D eigenvalue weighted by atomic mass is 32.1. The first-order valence-electron chi connectivity index (χ1n) is 6.10. The van der Waals surface area contributed by atoms with Gasteiger partial charge in [0.05, 0.1) is 6.04 Å². The SMILES string of the molecule is NNC(/C1=C/CCCCCC1)c1cccs1. The van der Waals surface area contributed by atoms with Gasteiger partial charge in [0, 0.05) is 4.88 Å². The van der Waals surface area contributed by atoms with Gasteiger partial charge in [0.25, 0.3) is 0 Å². The van der Waals surface area contributed by atoms with E-state index >= 15 is 0 Å². The topological polar surface area (TPSA) is 38.0 Å². The van der Waals surface area contributed by atoms with Crippen LogP contribution in [0, 0.1) is 0 Å². The summed E-state index contributed by atoms with van der Waals surface area (Å²) in [4.78, 5) is 1.33. The van der Waals surface area contributed by atoms with E-state index in [2.05, 4.69) is 29.0 Å². The zero-order chi connectivity index (χ0) is 11.2. The lowest BCUT2D eigenvalue weighted by molar-refractivity contribution is 0.560. The molecule has 0 aromatic carbocycles. The minimum atomic E-state index is 0.234. The van der Waals surface area contributed by atoms with E-state index in [9.17, 15) is 0 Å². The van der Waals surface area contributed by atoms with Gasteiger partial charge in [0.2, 0.25) is 0 Å². The molecule has 1 aliphatic rings. The highest BCUT2D eigenvalue weighted by Crippen LogP contribution is 2.30. The lowest BCUT2D eigenvalue weighted by Gasteiger charge is -2.20. The molecule has 88 valence electrons. The van der Waals surface area contributed by atoms with Crippen molar-refractivity contribution in [2.45, 2.75) is 44.6 Å². The van der Waals surface area contributed by atoms with Crippen molar-refractivity contribution >= 4 is 11.3 Å². The van der Waals surface area contributed by atoms with Gasteiger partial charge in [-0.2, -0.15) is 0 Å². The number of hydrogen-bond acceptors (Lipinski definition) is 3. The van der Waals surface area contributed by atoms with Crippen molar-refractivity contribution in [3.8, 4) is 0 Å². The average Bonchev–Trinajstić information content (AvgIpc) is 2.75. The Labute approximate surface area is 102 Å². The molecule has 16 heavy (non-hydrogen) atoms. The lowest BCUT2D eigenvalue weighted by Crippen LogP contribution is -2.29. The molecule has 1 aliphatic carbocycles. The maximum Gasteiger partial charge on any atom is 0.0762 e. The van der Waals surface area contributed by atoms with Crippen LogP contribution in [0.2, 0.25) is 0 Å². The number of allylic oxidation sites excluding steroid dienone is 1. The van der Waals surface area contributed by atoms with Crippen molar-refractivity contribution < 1.29 is 0 Å². The van der Waals surface area contributed by atoms with Crippen LogP contribution < -0.4 is 11.3 Å². The van der Waals surface area contributed by atoms with E-state index in [1.165, 1.54) is 49.0 Å². The molecular weight excluding hydrogens is 216 g/mol. The molecule has 1 aromatic rings. The number of hydrazine groups is 1. The van der Waals surface area contributed by atoms with E-state index in [0.717, 1.165) is 0 Å². The first-order chi connectivity index (χ1) is 7.92. The highest BCUT2D eigenvalue weighted by Gasteiger charge is 2.16. The summed E-state index contributed by atoms with van der Waals surface area (Å²) in [7, 11) is 0. The fourth-order valence-corrected chi connectivity index (χ4v) is 3.13. The Bertz CT molecular complexity index is 330. The van der Waals surface area contributed by atoms with Crippen LogP contribution in [0.15, 0.2) is 29.2 Å². The van der Waals surface area contributed by atoms with Crippen LogP contribution >= 0.6 is 11.3 Å². The Morgan fingerprint density at radius 1 is 1.25 bits per heavy atom. The van der Waals surface area contributed by atoms with Crippen molar-refractivity contribution in [1.29, 1.82) is 0 Å². The van der Waals surface area contributed by atoms with Crippen molar-refractivity contribution in [1.82, 2.24) is 5.43 Å². The Morgan fingerprint density at radius 3 is 2.88 bits per heavy atom. The minimum absolute atomic E-state index is 0.234. The Morgan fingerprint density at radius 2 is 2.12 bits per heavy atom. The maximum atomic E-state index is 5.70. The summed E-state index contributed by atoms with van der Waals surface area (Å²) in [6, 6.07) is 4.49. The standard InChI is InChI=1S/C13H20N2S/c14-15-13(12-9-6-10-16-12)11-7-4-2-1-3-5-8-11/h6-7,9-10,13,15H,1-5,8,14H2/b11-7+. The molecule has 1 aromatic heterocycles. The molecule has 3 N–H and O–H groups in total. The van der Waals surface area contributed by atoms with E-state index in [1.54, 1.807) is 11.3 Å². The van der Waals surface area contributed by atoms with Crippen LogP contribution in [-0.2, 0) is 0 Å². The molecule has 0 saturated heterocycles. The van der Waals surface area contributed by atoms with E-state index in [4.69, 9.17) is 5.84 Å². The van der Waals surface area contributed by atoms with Crippen LogP contribution in [-0.4, -0.2) is 0 Å². The molecule has 1 heterocycles. The molecule has 2 rings (SSSR count). The average molecular weight is 236 g/mol. The van der Waals surface area contributed by atoms with Crippen LogP contribution in [0.1, 0.15) is 49.4 Å². The molecule has 1 unspecified atom stereocenters. The summed E-state index contributed by atoms with van der Waals surface area (Å²) in [5.74, 6) is 5.70. The predicted molar refractivity (Wildman–Crippen MR) is 70.2 cm³/mol. The molecule has 0 spiro atoms. The summed E-state index contributed by atoms with van der Waals surface area (Å²) in [5, 5.41) is 2.11. The second kappa shape index (κ2) is 6.18. The van der Waals surface area contributed by atoms with Crippen LogP contribution in [0.4, 0.5) is 0 Å². The van der Waals surface area contributed by atoms with Gasteiger partial charge in [-0.3, -0.25) is 5.84 Å². The van der Waals surface area contributed by atoms with E-state index in [0.29, 0.717) is 0 Å². The van der Waals surface area contributed by atoms with Crippen LogP contribution in [0.25, 0.3) is 0 Å². The van der Waals surface area contributed by atoms with Gasteiger partial charge >= 0.3 is 0 Å². The number of rotatable bonds is 3. The molecule has 2 nitrogen and oxygen atoms in total. The summed E-state index contributed by atoms with van der Waals surface area (Å²) < 4.78 is 0. The fraction of sp³-hybridized carbons (Fsp3) is 0.538. The van der Waals surface area contributed by atoms with Gasteiger partial charge in [-0.05, 0) is 37.1 Å². The predicted octanol–water partition coefficient (Wildman–Crippen LogP) is 3.53. The van der Waals surface area contributed by atoms with E-state index < -0.39 is 0 Å². The number of hydrogen-bond donors (Lipinski definition) is 2. The van der Waals surface area contributed by atoms with E-state index in [-0.39, 0.29) is 6.04 Å². The molecular formula is C13H20N2S. The third kappa shape index (κ3) is 2.94. The van der Waals surface area contributed by atoms with Gasteiger partial charge < -0.3 is 0 Å². The van der Waals surface area contributed by atoms with Gasteiger partial charge in [-0.1, -0.05) is 30.6 Å². The van der Waals surface area contributed by atoms with Crippen LogP contribution in [0.5, 0.6) is 0 Å². The largest absolute Gasteiger partial charge is 0.271 e. The molecule has 3 heteroatoms. The number of thiophene rings is 1. The normalized spacial score (nSPS) is 22.9. The van der Waals surface area contributed by atoms with Gasteiger partial charge in [-0.25, -0.2) is 5.43 Å². The smallest absolute Gasteiger partial charge is 0.0762 e. The lowest BCUT2D eigenvalue weighted by atomic mass is 9.94. The zero-order valence-corrected chi connectivity index (χ0v) is 10.4. The molecule has 0 fully saturated rings. The second-order valence-corrected chi connectivity index (χ2v) is 5.33. The van der Waals surface area contributed by atoms with E-state index in [1.807, 2.05) is 0 Å². The first-order valence-corrected chi connectivity index (χ1v) is 6.98. The third-order valence-corrected chi connectivity index (χ3v) is 4.13. The third-order valence-electron chi connectivity index (χ3n) is 3.19. The fourth-order valence-electron chi connectivity index (χ4n) is 2.31. The summed E-state index contributed by atoms with van der Waals surface area (Å²) >= 11 is 1.78. The van der Waals surface area contributed by atoms with Crippen molar-refractivity contribution in [2.75, 3.05) is 0 Å². The quantitative estimate of drug-likeness (QED) is 0.478. The molecule has 1 atom stereocenters. The maximum absolute atomic E-state index is 5.70. The van der Waals surface area contributed by atoms with Gasteiger partial charge in [0.1, 0.15) is 0 Å². The van der Waals surface area contributed by atoms with Gasteiger partial charge in [-0.15, -0.1) is 11.3 Å². The first kappa shape index (κ1) is 11.8. The summed E-state index contributed by atoms with van der Waals surface area (Å²) in [6.07, 6.45) is 10.2. The summed E-state index contributed by atoms with van der Waals surface area (Å²) in [6.45, 7) is 0. The van der Waals surface area contributed by atoms with Crippen molar-refractivity contribution in [2.24, 2.45) is 5.84 Å². The van der Waals surface area contributed by atoms with Crippen molar-refractivity contribution in [3.05, 3.63) is 34.0 Å². The molecule has 0 bridgehead atoms. The van der Waals surface area contributed by atoms with Gasteiger partial charge in [0.15, 0.2) is 0 Å². The number of nitrogens with one attached hydrogen (secondary N) is 1. The highest BCUT2D eigenvalue weighted by molar-refractivity contribution is 7.10. The Balaban J connectivity index is 2.12. The van der Waals surface area contributed by atoms with Crippen molar-refractivity contribution in [3.63, 3.8) is 0 Å². The minimum Gasteiger partial charge on any atom is -0.271 e.